The summed E-state index contributed by atoms with van der Waals surface area (Å²) in [7, 11) is 0. The Morgan fingerprint density at radius 2 is 1.71 bits per heavy atom. The molecule has 0 radical (unpaired) electrons. The van der Waals surface area contributed by atoms with Gasteiger partial charge in [0, 0.05) is 23.0 Å². The summed E-state index contributed by atoms with van der Waals surface area (Å²) in [6.07, 6.45) is 3.12. The van der Waals surface area contributed by atoms with Crippen LogP contribution in [0, 0.1) is 0 Å². The van der Waals surface area contributed by atoms with Gasteiger partial charge in [-0.15, -0.1) is 0 Å². The van der Waals surface area contributed by atoms with Gasteiger partial charge in [-0.1, -0.05) is 18.7 Å². The van der Waals surface area contributed by atoms with E-state index in [9.17, 15) is 9.59 Å². The standard InChI is InChI=1S/C19H18N2O3/c1-13(2)19(23)24-17-10-8-16(9-11-17)21-18(22)12-5-14-3-6-15(20)7-4-14/h3-12H,1,20H2,2H3,(H,21,22). The minimum absolute atomic E-state index is 0.265. The molecular formula is C19H18N2O3. The Bertz CT molecular complexity index is 775. The number of nitrogen functional groups attached to an aromatic ring is 1. The highest BCUT2D eigenvalue weighted by Gasteiger charge is 2.05. The predicted octanol–water partition coefficient (Wildman–Crippen LogP) is 3.40. The first-order valence-corrected chi connectivity index (χ1v) is 7.26. The zero-order valence-electron chi connectivity index (χ0n) is 13.3. The molecule has 0 heterocycles. The van der Waals surface area contributed by atoms with Crippen LogP contribution in [0.3, 0.4) is 0 Å². The summed E-state index contributed by atoms with van der Waals surface area (Å²) in [5.41, 5.74) is 8.06. The molecule has 0 saturated heterocycles. The van der Waals surface area contributed by atoms with Crippen LogP contribution in [0.15, 0.2) is 66.8 Å². The zero-order chi connectivity index (χ0) is 17.5. The minimum Gasteiger partial charge on any atom is -0.423 e. The van der Waals surface area contributed by atoms with E-state index in [0.717, 1.165) is 5.56 Å². The third-order valence-corrected chi connectivity index (χ3v) is 3.04. The van der Waals surface area contributed by atoms with Crippen molar-refractivity contribution in [3.8, 4) is 5.75 Å². The average Bonchev–Trinajstić information content (AvgIpc) is 2.56. The van der Waals surface area contributed by atoms with Gasteiger partial charge in [-0.25, -0.2) is 4.79 Å². The number of benzene rings is 2. The van der Waals surface area contributed by atoms with E-state index in [1.54, 1.807) is 49.4 Å². The largest absolute Gasteiger partial charge is 0.423 e. The quantitative estimate of drug-likeness (QED) is 0.382. The Balaban J connectivity index is 1.93. The number of hydrogen-bond acceptors (Lipinski definition) is 4. The molecule has 0 aliphatic heterocycles. The summed E-state index contributed by atoms with van der Waals surface area (Å²) >= 11 is 0. The highest BCUT2D eigenvalue weighted by molar-refractivity contribution is 6.02. The van der Waals surface area contributed by atoms with Crippen molar-refractivity contribution in [1.82, 2.24) is 0 Å². The van der Waals surface area contributed by atoms with Crippen molar-refractivity contribution < 1.29 is 14.3 Å². The van der Waals surface area contributed by atoms with Gasteiger partial charge < -0.3 is 15.8 Å². The van der Waals surface area contributed by atoms with Crippen LogP contribution >= 0.6 is 0 Å². The maximum absolute atomic E-state index is 11.9. The van der Waals surface area contributed by atoms with Crippen LogP contribution in [0.1, 0.15) is 12.5 Å². The van der Waals surface area contributed by atoms with Gasteiger partial charge in [0.1, 0.15) is 5.75 Å². The molecule has 0 aliphatic rings. The fraction of sp³-hybridized carbons (Fsp3) is 0.0526. The van der Waals surface area contributed by atoms with Crippen LogP contribution in [0.5, 0.6) is 5.75 Å². The number of nitrogens with two attached hydrogens (primary N) is 1. The molecule has 2 aromatic rings. The zero-order valence-corrected chi connectivity index (χ0v) is 13.3. The van der Waals surface area contributed by atoms with Crippen molar-refractivity contribution in [3.63, 3.8) is 0 Å². The van der Waals surface area contributed by atoms with Crippen molar-refractivity contribution in [2.45, 2.75) is 6.92 Å². The first-order chi connectivity index (χ1) is 11.4. The molecule has 0 saturated carbocycles. The van der Waals surface area contributed by atoms with E-state index in [4.69, 9.17) is 10.5 Å². The summed E-state index contributed by atoms with van der Waals surface area (Å²) in [5.74, 6) is -0.366. The van der Waals surface area contributed by atoms with Gasteiger partial charge in [0.05, 0.1) is 0 Å². The van der Waals surface area contributed by atoms with E-state index < -0.39 is 5.97 Å². The number of amides is 1. The first-order valence-electron chi connectivity index (χ1n) is 7.26. The van der Waals surface area contributed by atoms with Crippen molar-refractivity contribution in [2.75, 3.05) is 11.1 Å². The van der Waals surface area contributed by atoms with Gasteiger partial charge in [0.15, 0.2) is 0 Å². The molecule has 0 aliphatic carbocycles. The van der Waals surface area contributed by atoms with Crippen molar-refractivity contribution in [1.29, 1.82) is 0 Å². The number of esters is 1. The van der Waals surface area contributed by atoms with Gasteiger partial charge in [0.25, 0.3) is 0 Å². The van der Waals surface area contributed by atoms with Crippen LogP contribution in [0.2, 0.25) is 0 Å². The number of rotatable bonds is 5. The highest BCUT2D eigenvalue weighted by atomic mass is 16.5. The number of hydrogen-bond donors (Lipinski definition) is 2. The van der Waals surface area contributed by atoms with Crippen LogP contribution < -0.4 is 15.8 Å². The van der Waals surface area contributed by atoms with E-state index >= 15 is 0 Å². The lowest BCUT2D eigenvalue weighted by molar-refractivity contribution is -0.130. The SMILES string of the molecule is C=C(C)C(=O)Oc1ccc(NC(=O)C=Cc2ccc(N)cc2)cc1. The molecule has 0 spiro atoms. The fourth-order valence-corrected chi connectivity index (χ4v) is 1.76. The summed E-state index contributed by atoms with van der Waals surface area (Å²) in [4.78, 5) is 23.3. The lowest BCUT2D eigenvalue weighted by Crippen LogP contribution is -2.09. The van der Waals surface area contributed by atoms with Crippen LogP contribution in [-0.4, -0.2) is 11.9 Å². The lowest BCUT2D eigenvalue weighted by Gasteiger charge is -2.06. The number of carbonyl (C=O) groups excluding carboxylic acids is 2. The molecule has 0 atom stereocenters. The van der Waals surface area contributed by atoms with Gasteiger partial charge in [-0.05, 0) is 55.0 Å². The Hall–Kier alpha value is -3.34. The summed E-state index contributed by atoms with van der Waals surface area (Å²) in [5, 5.41) is 2.72. The molecule has 0 unspecified atom stereocenters. The van der Waals surface area contributed by atoms with Gasteiger partial charge in [-0.3, -0.25) is 4.79 Å². The van der Waals surface area contributed by atoms with Gasteiger partial charge in [-0.2, -0.15) is 0 Å². The minimum atomic E-state index is -0.488. The number of nitrogens with one attached hydrogen (secondary N) is 1. The molecule has 5 nitrogen and oxygen atoms in total. The number of ether oxygens (including phenoxy) is 1. The van der Waals surface area contributed by atoms with E-state index in [1.807, 2.05) is 12.1 Å². The number of carbonyl (C=O) groups is 2. The summed E-state index contributed by atoms with van der Waals surface area (Å²) in [6.45, 7) is 5.09. The summed E-state index contributed by atoms with van der Waals surface area (Å²) < 4.78 is 5.08. The second-order valence-corrected chi connectivity index (χ2v) is 5.18. The maximum atomic E-state index is 11.9. The third kappa shape index (κ3) is 5.14. The maximum Gasteiger partial charge on any atom is 0.338 e. The molecule has 0 bridgehead atoms. The van der Waals surface area contributed by atoms with Crippen LogP contribution in [-0.2, 0) is 9.59 Å². The highest BCUT2D eigenvalue weighted by Crippen LogP contribution is 2.17. The Kier molecular flexibility index (Phi) is 5.52. The van der Waals surface area contributed by atoms with E-state index in [1.165, 1.54) is 6.08 Å². The third-order valence-electron chi connectivity index (χ3n) is 3.04. The first kappa shape index (κ1) is 17.0. The molecule has 3 N–H and O–H groups in total. The van der Waals surface area contributed by atoms with E-state index in [2.05, 4.69) is 11.9 Å². The Labute approximate surface area is 140 Å². The van der Waals surface area contributed by atoms with Crippen LogP contribution in [0.4, 0.5) is 11.4 Å². The van der Waals surface area contributed by atoms with Crippen molar-refractivity contribution >= 4 is 29.3 Å². The molecular weight excluding hydrogens is 304 g/mol. The van der Waals surface area contributed by atoms with E-state index in [0.29, 0.717) is 22.7 Å². The predicted molar refractivity (Wildman–Crippen MR) is 95.4 cm³/mol. The molecule has 2 rings (SSSR count). The van der Waals surface area contributed by atoms with Gasteiger partial charge in [0.2, 0.25) is 5.91 Å². The molecule has 0 aromatic heterocycles. The second kappa shape index (κ2) is 7.78. The fourth-order valence-electron chi connectivity index (χ4n) is 1.76. The summed E-state index contributed by atoms with van der Waals surface area (Å²) in [6, 6.07) is 13.7. The molecule has 122 valence electrons. The molecule has 24 heavy (non-hydrogen) atoms. The van der Waals surface area contributed by atoms with Crippen molar-refractivity contribution in [3.05, 3.63) is 72.3 Å². The monoisotopic (exact) mass is 322 g/mol. The molecule has 5 heteroatoms. The second-order valence-electron chi connectivity index (χ2n) is 5.18. The van der Waals surface area contributed by atoms with Crippen LogP contribution in [0.25, 0.3) is 6.08 Å². The normalized spacial score (nSPS) is 10.4. The molecule has 0 fully saturated rings. The molecule has 2 aromatic carbocycles. The lowest BCUT2D eigenvalue weighted by atomic mass is 10.2. The smallest absolute Gasteiger partial charge is 0.338 e. The van der Waals surface area contributed by atoms with Gasteiger partial charge >= 0.3 is 5.97 Å². The Morgan fingerprint density at radius 3 is 2.29 bits per heavy atom. The molecule has 1 amide bonds. The van der Waals surface area contributed by atoms with Crippen molar-refractivity contribution in [2.24, 2.45) is 0 Å². The number of anilines is 2. The Morgan fingerprint density at radius 1 is 1.08 bits per heavy atom. The average molecular weight is 322 g/mol. The van der Waals surface area contributed by atoms with E-state index in [-0.39, 0.29) is 5.91 Å². The topological polar surface area (TPSA) is 81.4 Å².